The molecule has 23 heavy (non-hydrogen) atoms. The average molecular weight is 334 g/mol. The van der Waals surface area contributed by atoms with E-state index in [-0.39, 0.29) is 19.0 Å². The summed E-state index contributed by atoms with van der Waals surface area (Å²) >= 11 is 1.33. The molecule has 1 amide bonds. The van der Waals surface area contributed by atoms with Crippen LogP contribution in [-0.2, 0) is 4.79 Å². The fourth-order valence-corrected chi connectivity index (χ4v) is 3.00. The van der Waals surface area contributed by atoms with Crippen molar-refractivity contribution in [1.29, 1.82) is 0 Å². The van der Waals surface area contributed by atoms with Gasteiger partial charge in [0.1, 0.15) is 18.3 Å². The third kappa shape index (κ3) is 3.31. The maximum atomic E-state index is 12.8. The smallest absolute Gasteiger partial charge is 0.227 e. The van der Waals surface area contributed by atoms with Crippen LogP contribution in [0.2, 0.25) is 0 Å². The summed E-state index contributed by atoms with van der Waals surface area (Å²) < 4.78 is 14.2. The number of nitrogens with zero attached hydrogens (tertiary/aromatic N) is 2. The highest BCUT2D eigenvalue weighted by atomic mass is 32.1. The highest BCUT2D eigenvalue weighted by molar-refractivity contribution is 7.17. The second kappa shape index (κ2) is 6.33. The molecular weight excluding hydrogens is 319 g/mol. The zero-order valence-electron chi connectivity index (χ0n) is 12.1. The molecule has 0 spiro atoms. The van der Waals surface area contributed by atoms with E-state index in [1.54, 1.807) is 18.2 Å². The number of nitrogens with one attached hydrogen (secondary N) is 1. The summed E-state index contributed by atoms with van der Waals surface area (Å²) in [6, 6.07) is 8.85. The summed E-state index contributed by atoms with van der Waals surface area (Å²) in [6.07, 6.45) is 0.0494. The number of rotatable bonds is 5. The third-order valence-electron chi connectivity index (χ3n) is 3.54. The Morgan fingerprint density at radius 1 is 1.48 bits per heavy atom. The molecule has 0 bridgehead atoms. The van der Waals surface area contributed by atoms with Crippen molar-refractivity contribution in [3.63, 3.8) is 0 Å². The first kappa shape index (κ1) is 15.4. The summed E-state index contributed by atoms with van der Waals surface area (Å²) in [4.78, 5) is 28.0. The van der Waals surface area contributed by atoms with Crippen molar-refractivity contribution in [3.8, 4) is 10.6 Å². The molecule has 3 rings (SSSR count). The van der Waals surface area contributed by atoms with Crippen LogP contribution in [0.25, 0.3) is 10.6 Å². The molecule has 1 saturated carbocycles. The molecular formula is C15H15FN4O2S. The molecule has 0 radical (unpaired) electrons. The van der Waals surface area contributed by atoms with Gasteiger partial charge in [-0.15, -0.1) is 11.3 Å². The van der Waals surface area contributed by atoms with Gasteiger partial charge >= 0.3 is 0 Å². The Bertz CT molecular complexity index is 814. The highest BCUT2D eigenvalue weighted by Gasteiger charge is 2.43. The lowest BCUT2D eigenvalue weighted by atomic mass is 10.3. The highest BCUT2D eigenvalue weighted by Crippen LogP contribution is 2.33. The Morgan fingerprint density at radius 2 is 2.26 bits per heavy atom. The normalized spacial score (nSPS) is 20.3. The number of aromatic nitrogens is 1. The van der Waals surface area contributed by atoms with E-state index < -0.39 is 12.1 Å². The van der Waals surface area contributed by atoms with Crippen LogP contribution in [0.15, 0.2) is 35.3 Å². The number of aldehydes is 1. The van der Waals surface area contributed by atoms with Crippen molar-refractivity contribution in [2.75, 3.05) is 12.5 Å². The molecule has 2 heterocycles. The van der Waals surface area contributed by atoms with E-state index in [1.165, 1.54) is 16.0 Å². The number of hydrogen-bond acceptors (Lipinski definition) is 5. The molecule has 2 aromatic rings. The summed E-state index contributed by atoms with van der Waals surface area (Å²) in [6.45, 7) is 0.0345. The standard InChI is InChI=1S/C15H15FN4O2S/c16-11-6-10(11)15(22)19-8-18-14-3-1-2-12(20(14)17)13-5-4-9(7-21)23-13/h1-5,7,10-11H,6,8,17H2,(H,19,22)/t10-,11-/m0/s1. The van der Waals surface area contributed by atoms with Crippen molar-refractivity contribution in [1.82, 2.24) is 9.99 Å². The molecule has 120 valence electrons. The number of amides is 1. The van der Waals surface area contributed by atoms with Crippen molar-refractivity contribution >= 4 is 23.5 Å². The van der Waals surface area contributed by atoms with Gasteiger partial charge in [0.25, 0.3) is 0 Å². The Morgan fingerprint density at radius 3 is 2.91 bits per heavy atom. The van der Waals surface area contributed by atoms with Gasteiger partial charge in [-0.3, -0.25) is 9.59 Å². The molecule has 1 aliphatic rings. The number of hydrogen-bond donors (Lipinski definition) is 2. The topological polar surface area (TPSA) is 89.5 Å². The van der Waals surface area contributed by atoms with E-state index >= 15 is 0 Å². The van der Waals surface area contributed by atoms with Crippen molar-refractivity contribution < 1.29 is 14.0 Å². The lowest BCUT2D eigenvalue weighted by molar-refractivity contribution is -0.122. The van der Waals surface area contributed by atoms with Crippen LogP contribution in [0.5, 0.6) is 0 Å². The van der Waals surface area contributed by atoms with Crippen LogP contribution < -0.4 is 16.6 Å². The number of carbonyl (C=O) groups excluding carboxylic acids is 2. The Balaban J connectivity index is 1.77. The fourth-order valence-electron chi connectivity index (χ4n) is 2.16. The van der Waals surface area contributed by atoms with E-state index in [0.29, 0.717) is 16.1 Å². The molecule has 2 atom stereocenters. The summed E-state index contributed by atoms with van der Waals surface area (Å²) in [5, 5.41) is 2.56. The molecule has 8 heteroatoms. The first-order valence-electron chi connectivity index (χ1n) is 7.05. The monoisotopic (exact) mass is 334 g/mol. The Kier molecular flexibility index (Phi) is 4.24. The van der Waals surface area contributed by atoms with Gasteiger partial charge in [-0.25, -0.2) is 14.1 Å². The summed E-state index contributed by atoms with van der Waals surface area (Å²) in [5.41, 5.74) is 1.18. The average Bonchev–Trinajstić information content (AvgIpc) is 3.10. The third-order valence-corrected chi connectivity index (χ3v) is 4.58. The zero-order chi connectivity index (χ0) is 16.4. The molecule has 0 aliphatic heterocycles. The number of pyridine rings is 1. The van der Waals surface area contributed by atoms with Gasteiger partial charge in [0.15, 0.2) is 6.29 Å². The van der Waals surface area contributed by atoms with Crippen LogP contribution in [0.1, 0.15) is 16.1 Å². The largest absolute Gasteiger partial charge is 0.337 e. The minimum Gasteiger partial charge on any atom is -0.337 e. The van der Waals surface area contributed by atoms with Crippen LogP contribution in [0.4, 0.5) is 4.39 Å². The van der Waals surface area contributed by atoms with E-state index in [4.69, 9.17) is 5.84 Å². The van der Waals surface area contributed by atoms with Gasteiger partial charge in [0.2, 0.25) is 5.91 Å². The maximum absolute atomic E-state index is 12.8. The van der Waals surface area contributed by atoms with Gasteiger partial charge in [-0.1, -0.05) is 6.07 Å². The zero-order valence-corrected chi connectivity index (χ0v) is 12.9. The van der Waals surface area contributed by atoms with E-state index in [1.807, 2.05) is 12.1 Å². The molecule has 1 fully saturated rings. The molecule has 2 aromatic heterocycles. The molecule has 1 aliphatic carbocycles. The predicted octanol–water partition coefficient (Wildman–Crippen LogP) is 1.08. The molecule has 0 unspecified atom stereocenters. The second-order valence-corrected chi connectivity index (χ2v) is 6.29. The first-order valence-corrected chi connectivity index (χ1v) is 7.86. The maximum Gasteiger partial charge on any atom is 0.227 e. The van der Waals surface area contributed by atoms with Gasteiger partial charge in [0.05, 0.1) is 21.4 Å². The van der Waals surface area contributed by atoms with Crippen molar-refractivity contribution in [3.05, 3.63) is 40.7 Å². The van der Waals surface area contributed by atoms with Gasteiger partial charge in [-0.2, -0.15) is 0 Å². The summed E-state index contributed by atoms with van der Waals surface area (Å²) in [7, 11) is 0. The number of nitrogen functional groups attached to an aromatic ring is 1. The Hall–Kier alpha value is -2.48. The number of carbonyl (C=O) groups is 2. The Labute approximate surface area is 135 Å². The minimum absolute atomic E-state index is 0.0345. The molecule has 0 saturated heterocycles. The SMILES string of the molecule is Nn1c(-c2ccc(C=O)s2)cccc1=NCNC(=O)[C@H]1C[C@@H]1F. The van der Waals surface area contributed by atoms with E-state index in [9.17, 15) is 14.0 Å². The number of alkyl halides is 1. The lowest BCUT2D eigenvalue weighted by Gasteiger charge is -2.07. The van der Waals surface area contributed by atoms with Gasteiger partial charge in [0, 0.05) is 0 Å². The van der Waals surface area contributed by atoms with Crippen molar-refractivity contribution in [2.24, 2.45) is 10.9 Å². The van der Waals surface area contributed by atoms with Crippen LogP contribution in [0, 0.1) is 5.92 Å². The van der Waals surface area contributed by atoms with E-state index in [0.717, 1.165) is 11.2 Å². The number of halogens is 1. The number of thiophene rings is 1. The molecule has 6 nitrogen and oxygen atoms in total. The lowest BCUT2D eigenvalue weighted by Crippen LogP contribution is -2.32. The van der Waals surface area contributed by atoms with Gasteiger partial charge < -0.3 is 11.2 Å². The van der Waals surface area contributed by atoms with Crippen LogP contribution >= 0.6 is 11.3 Å². The quantitative estimate of drug-likeness (QED) is 0.633. The predicted molar refractivity (Wildman–Crippen MR) is 84.9 cm³/mol. The van der Waals surface area contributed by atoms with Crippen LogP contribution in [0.3, 0.4) is 0 Å². The second-order valence-electron chi connectivity index (χ2n) is 5.17. The summed E-state index contributed by atoms with van der Waals surface area (Å²) in [5.74, 6) is 5.19. The van der Waals surface area contributed by atoms with Crippen molar-refractivity contribution in [2.45, 2.75) is 12.6 Å². The minimum atomic E-state index is -1.02. The van der Waals surface area contributed by atoms with Crippen LogP contribution in [-0.4, -0.2) is 29.7 Å². The first-order chi connectivity index (χ1) is 11.1. The fraction of sp³-hybridized carbons (Fsp3) is 0.267. The van der Waals surface area contributed by atoms with Gasteiger partial charge in [-0.05, 0) is 30.7 Å². The molecule has 0 aromatic carbocycles. The van der Waals surface area contributed by atoms with E-state index in [2.05, 4.69) is 10.3 Å². The molecule has 3 N–H and O–H groups in total. The number of nitrogens with two attached hydrogens (primary N) is 1.